The zero-order valence-electron chi connectivity index (χ0n) is 8.72. The molecule has 1 N–H and O–H groups in total. The fourth-order valence-corrected chi connectivity index (χ4v) is 1.60. The molecule has 0 spiro atoms. The van der Waals surface area contributed by atoms with Gasteiger partial charge in [0, 0.05) is 5.69 Å². The van der Waals surface area contributed by atoms with Crippen molar-refractivity contribution < 1.29 is 5.11 Å². The van der Waals surface area contributed by atoms with Crippen molar-refractivity contribution in [2.45, 2.75) is 20.0 Å². The number of nitrogens with zero attached hydrogens (tertiary/aromatic N) is 2. The second kappa shape index (κ2) is 4.28. The van der Waals surface area contributed by atoms with Gasteiger partial charge in [0.25, 0.3) is 0 Å². The number of hydrogen-bond donors (Lipinski definition) is 1. The van der Waals surface area contributed by atoms with Crippen molar-refractivity contribution in [3.05, 3.63) is 47.8 Å². The minimum atomic E-state index is -0.00711. The molecule has 0 aliphatic rings. The molecule has 1 aromatic carbocycles. The summed E-state index contributed by atoms with van der Waals surface area (Å²) in [5.41, 5.74) is 2.87. The Labute approximate surface area is 89.0 Å². The second-order valence-corrected chi connectivity index (χ2v) is 3.39. The molecule has 1 heterocycles. The van der Waals surface area contributed by atoms with Gasteiger partial charge in [-0.25, -0.2) is 4.68 Å². The molecule has 0 saturated heterocycles. The number of aromatic nitrogens is 2. The number of benzene rings is 1. The van der Waals surface area contributed by atoms with Crippen LogP contribution in [0, 0.1) is 0 Å². The first kappa shape index (κ1) is 9.93. The van der Waals surface area contributed by atoms with Crippen LogP contribution < -0.4 is 0 Å². The van der Waals surface area contributed by atoms with E-state index in [0.29, 0.717) is 0 Å². The summed E-state index contributed by atoms with van der Waals surface area (Å²) in [5.74, 6) is 0. The van der Waals surface area contributed by atoms with Crippen LogP contribution in [0.15, 0.2) is 36.4 Å². The molecule has 0 atom stereocenters. The van der Waals surface area contributed by atoms with Gasteiger partial charge in [-0.15, -0.1) is 0 Å². The van der Waals surface area contributed by atoms with Gasteiger partial charge < -0.3 is 5.11 Å². The van der Waals surface area contributed by atoms with E-state index in [1.165, 1.54) is 0 Å². The molecule has 0 saturated carbocycles. The number of para-hydroxylation sites is 1. The molecule has 0 aliphatic carbocycles. The summed E-state index contributed by atoms with van der Waals surface area (Å²) in [7, 11) is 0. The summed E-state index contributed by atoms with van der Waals surface area (Å²) in [6, 6.07) is 11.9. The third kappa shape index (κ3) is 1.92. The molecular formula is C12H14N2O. The van der Waals surface area contributed by atoms with Gasteiger partial charge in [-0.2, -0.15) is 5.10 Å². The van der Waals surface area contributed by atoms with E-state index in [-0.39, 0.29) is 6.61 Å². The highest BCUT2D eigenvalue weighted by Gasteiger charge is 2.06. The van der Waals surface area contributed by atoms with E-state index in [1.54, 1.807) is 0 Å². The lowest BCUT2D eigenvalue weighted by atomic mass is 10.3. The van der Waals surface area contributed by atoms with E-state index in [9.17, 15) is 0 Å². The molecule has 0 amide bonds. The predicted octanol–water partition coefficient (Wildman–Crippen LogP) is 1.93. The number of rotatable bonds is 3. The average molecular weight is 202 g/mol. The Morgan fingerprint density at radius 1 is 1.27 bits per heavy atom. The largest absolute Gasteiger partial charge is 0.390 e. The minimum absolute atomic E-state index is 0.00711. The van der Waals surface area contributed by atoms with E-state index in [1.807, 2.05) is 41.1 Å². The lowest BCUT2D eigenvalue weighted by molar-refractivity contribution is 0.276. The lowest BCUT2D eigenvalue weighted by Gasteiger charge is -2.04. The van der Waals surface area contributed by atoms with E-state index < -0.39 is 0 Å². The summed E-state index contributed by atoms with van der Waals surface area (Å²) < 4.78 is 1.88. The van der Waals surface area contributed by atoms with Crippen molar-refractivity contribution in [3.63, 3.8) is 0 Å². The van der Waals surface area contributed by atoms with Crippen molar-refractivity contribution in [3.8, 4) is 5.69 Å². The van der Waals surface area contributed by atoms with Gasteiger partial charge >= 0.3 is 0 Å². The van der Waals surface area contributed by atoms with Gasteiger partial charge in [0.05, 0.1) is 18.0 Å². The van der Waals surface area contributed by atoms with Gasteiger partial charge in [0.15, 0.2) is 0 Å². The number of hydrogen-bond acceptors (Lipinski definition) is 2. The maximum atomic E-state index is 9.04. The van der Waals surface area contributed by atoms with Gasteiger partial charge in [-0.1, -0.05) is 25.1 Å². The summed E-state index contributed by atoms with van der Waals surface area (Å²) in [5, 5.41) is 13.4. The van der Waals surface area contributed by atoms with Crippen molar-refractivity contribution >= 4 is 0 Å². The third-order valence-electron chi connectivity index (χ3n) is 2.36. The Hall–Kier alpha value is -1.61. The monoisotopic (exact) mass is 202 g/mol. The van der Waals surface area contributed by atoms with Crippen molar-refractivity contribution in [2.75, 3.05) is 0 Å². The fourth-order valence-electron chi connectivity index (χ4n) is 1.60. The molecule has 2 aromatic rings. The first-order valence-electron chi connectivity index (χ1n) is 5.09. The van der Waals surface area contributed by atoms with E-state index in [4.69, 9.17) is 5.11 Å². The zero-order valence-corrected chi connectivity index (χ0v) is 8.72. The molecule has 0 bridgehead atoms. The maximum Gasteiger partial charge on any atom is 0.0886 e. The lowest BCUT2D eigenvalue weighted by Crippen LogP contribution is -2.01. The molecule has 78 valence electrons. The Balaban J connectivity index is 2.47. The Morgan fingerprint density at radius 3 is 2.60 bits per heavy atom. The molecule has 2 rings (SSSR count). The molecule has 3 heteroatoms. The average Bonchev–Trinajstić information content (AvgIpc) is 2.73. The molecule has 0 fully saturated rings. The zero-order chi connectivity index (χ0) is 10.7. The Bertz CT molecular complexity index is 434. The molecular weight excluding hydrogens is 188 g/mol. The van der Waals surface area contributed by atoms with Crippen LogP contribution in [0.2, 0.25) is 0 Å². The topological polar surface area (TPSA) is 38.1 Å². The predicted molar refractivity (Wildman–Crippen MR) is 58.9 cm³/mol. The summed E-state index contributed by atoms with van der Waals surface area (Å²) in [6.45, 7) is 2.07. The first-order chi connectivity index (χ1) is 7.35. The normalized spacial score (nSPS) is 10.5. The molecule has 0 aliphatic heterocycles. The summed E-state index contributed by atoms with van der Waals surface area (Å²) in [4.78, 5) is 0. The Kier molecular flexibility index (Phi) is 2.83. The summed E-state index contributed by atoms with van der Waals surface area (Å²) in [6.07, 6.45) is 0.905. The molecule has 15 heavy (non-hydrogen) atoms. The van der Waals surface area contributed by atoms with Crippen molar-refractivity contribution in [2.24, 2.45) is 0 Å². The second-order valence-electron chi connectivity index (χ2n) is 3.39. The number of aliphatic hydroxyl groups excluding tert-OH is 1. The van der Waals surface area contributed by atoms with E-state index in [2.05, 4.69) is 12.0 Å². The smallest absolute Gasteiger partial charge is 0.0886 e. The minimum Gasteiger partial charge on any atom is -0.390 e. The quantitative estimate of drug-likeness (QED) is 0.825. The molecule has 1 aromatic heterocycles. The highest BCUT2D eigenvalue weighted by molar-refractivity contribution is 5.33. The Morgan fingerprint density at radius 2 is 2.00 bits per heavy atom. The van der Waals surface area contributed by atoms with Crippen LogP contribution in [0.1, 0.15) is 18.3 Å². The summed E-state index contributed by atoms with van der Waals surface area (Å²) >= 11 is 0. The molecule has 0 radical (unpaired) electrons. The van der Waals surface area contributed by atoms with E-state index >= 15 is 0 Å². The first-order valence-corrected chi connectivity index (χ1v) is 5.09. The molecule has 3 nitrogen and oxygen atoms in total. The SMILES string of the molecule is CCc1cc(CO)nn1-c1ccccc1. The van der Waals surface area contributed by atoms with Gasteiger partial charge in [0.2, 0.25) is 0 Å². The number of aryl methyl sites for hydroxylation is 1. The van der Waals surface area contributed by atoms with Crippen LogP contribution >= 0.6 is 0 Å². The van der Waals surface area contributed by atoms with Crippen LogP contribution in [0.4, 0.5) is 0 Å². The molecule has 0 unspecified atom stereocenters. The third-order valence-corrected chi connectivity index (χ3v) is 2.36. The standard InChI is InChI=1S/C12H14N2O/c1-2-11-8-10(9-15)13-14(11)12-6-4-3-5-7-12/h3-8,15H,2,9H2,1H3. The van der Waals surface area contributed by atoms with Gasteiger partial charge in [-0.3, -0.25) is 0 Å². The van der Waals surface area contributed by atoms with Crippen molar-refractivity contribution in [1.29, 1.82) is 0 Å². The number of aliphatic hydroxyl groups is 1. The fraction of sp³-hybridized carbons (Fsp3) is 0.250. The maximum absolute atomic E-state index is 9.04. The van der Waals surface area contributed by atoms with Crippen LogP contribution in [-0.2, 0) is 13.0 Å². The van der Waals surface area contributed by atoms with Crippen LogP contribution in [0.3, 0.4) is 0 Å². The van der Waals surface area contributed by atoms with Crippen LogP contribution in [0.5, 0.6) is 0 Å². The van der Waals surface area contributed by atoms with Gasteiger partial charge in [0.1, 0.15) is 0 Å². The van der Waals surface area contributed by atoms with Gasteiger partial charge in [-0.05, 0) is 24.6 Å². The van der Waals surface area contributed by atoms with Crippen LogP contribution in [0.25, 0.3) is 5.69 Å². The van der Waals surface area contributed by atoms with Crippen molar-refractivity contribution in [1.82, 2.24) is 9.78 Å². The highest BCUT2D eigenvalue weighted by Crippen LogP contribution is 2.12. The van der Waals surface area contributed by atoms with E-state index in [0.717, 1.165) is 23.5 Å². The highest BCUT2D eigenvalue weighted by atomic mass is 16.3. The van der Waals surface area contributed by atoms with Crippen LogP contribution in [-0.4, -0.2) is 14.9 Å².